The molecule has 2 unspecified atom stereocenters. The first kappa shape index (κ1) is 25.7. The molecular formula is C25H29F4N5O3. The highest BCUT2D eigenvalue weighted by molar-refractivity contribution is 5.94. The van der Waals surface area contributed by atoms with E-state index in [1.54, 1.807) is 16.7 Å². The lowest BCUT2D eigenvalue weighted by Gasteiger charge is -2.36. The fourth-order valence-electron chi connectivity index (χ4n) is 5.12. The maximum atomic E-state index is 14.1. The minimum Gasteiger partial charge on any atom is -0.473 e. The van der Waals surface area contributed by atoms with Crippen LogP contribution in [-0.4, -0.2) is 72.1 Å². The van der Waals surface area contributed by atoms with Crippen LogP contribution in [0.25, 0.3) is 0 Å². The Morgan fingerprint density at radius 2 is 1.95 bits per heavy atom. The summed E-state index contributed by atoms with van der Waals surface area (Å²) in [6.45, 7) is 3.65. The van der Waals surface area contributed by atoms with Crippen molar-refractivity contribution < 1.29 is 31.8 Å². The number of rotatable bonds is 4. The molecule has 4 heterocycles. The molecule has 3 aliphatic heterocycles. The van der Waals surface area contributed by atoms with Crippen LogP contribution < -0.4 is 15.0 Å². The van der Waals surface area contributed by atoms with Gasteiger partial charge in [-0.2, -0.15) is 13.2 Å². The summed E-state index contributed by atoms with van der Waals surface area (Å²) in [4.78, 5) is 25.3. The lowest BCUT2D eigenvalue weighted by atomic mass is 10.00. The predicted molar refractivity (Wildman–Crippen MR) is 126 cm³/mol. The van der Waals surface area contributed by atoms with Crippen LogP contribution in [0.1, 0.15) is 46.4 Å². The standard InChI is InChI=1S/C25H29F4N5O3/c1-15-22(24(35)33-7-4-18(5-8-33)32-20-6-9-36-12-19(20)26)30-13-31-23(15)34-11-16-10-17(25(27,28)29)2-3-21(16)37-14-34/h2-3,10,13,18-20,32H,4-9,11-12,14H2,1H3. The number of piperidine rings is 1. The summed E-state index contributed by atoms with van der Waals surface area (Å²) in [5.74, 6) is 0.599. The number of ether oxygens (including phenoxy) is 2. The minimum absolute atomic E-state index is 0.0860. The van der Waals surface area contributed by atoms with E-state index in [0.29, 0.717) is 61.7 Å². The molecule has 1 amide bonds. The maximum absolute atomic E-state index is 14.1. The van der Waals surface area contributed by atoms with Gasteiger partial charge >= 0.3 is 6.18 Å². The number of likely N-dealkylation sites (tertiary alicyclic amines) is 1. The normalized spacial score (nSPS) is 22.9. The minimum atomic E-state index is -4.46. The van der Waals surface area contributed by atoms with Crippen LogP contribution in [-0.2, 0) is 17.5 Å². The fourth-order valence-corrected chi connectivity index (χ4v) is 5.12. The lowest BCUT2D eigenvalue weighted by Crippen LogP contribution is -2.52. The average Bonchev–Trinajstić information content (AvgIpc) is 2.89. The summed E-state index contributed by atoms with van der Waals surface area (Å²) >= 11 is 0. The number of aromatic nitrogens is 2. The number of nitrogens with zero attached hydrogens (tertiary/aromatic N) is 4. The number of carbonyl (C=O) groups is 1. The van der Waals surface area contributed by atoms with Crippen LogP contribution in [0.15, 0.2) is 24.5 Å². The van der Waals surface area contributed by atoms with Crippen molar-refractivity contribution in [3.05, 3.63) is 46.9 Å². The summed E-state index contributed by atoms with van der Waals surface area (Å²) < 4.78 is 64.5. The molecule has 0 bridgehead atoms. The monoisotopic (exact) mass is 523 g/mol. The second-order valence-electron chi connectivity index (χ2n) is 9.68. The number of hydrogen-bond acceptors (Lipinski definition) is 7. The third kappa shape index (κ3) is 5.49. The number of alkyl halides is 4. The third-order valence-corrected chi connectivity index (χ3v) is 7.20. The van der Waals surface area contributed by atoms with E-state index >= 15 is 0 Å². The van der Waals surface area contributed by atoms with Crippen molar-refractivity contribution in [2.45, 2.75) is 57.2 Å². The van der Waals surface area contributed by atoms with Crippen molar-refractivity contribution in [1.82, 2.24) is 20.2 Å². The van der Waals surface area contributed by atoms with Crippen molar-refractivity contribution in [2.24, 2.45) is 0 Å². The number of carbonyl (C=O) groups excluding carboxylic acids is 1. The SMILES string of the molecule is Cc1c(C(=O)N2CCC(NC3CCOCC3F)CC2)ncnc1N1COc2ccc(C(F)(F)F)cc2C1. The van der Waals surface area contributed by atoms with E-state index in [1.165, 1.54) is 12.4 Å². The second kappa shape index (κ2) is 10.4. The van der Waals surface area contributed by atoms with Crippen LogP contribution in [0.3, 0.4) is 0 Å². The zero-order valence-corrected chi connectivity index (χ0v) is 20.4. The largest absolute Gasteiger partial charge is 0.473 e. The Hall–Kier alpha value is -2.99. The molecule has 37 heavy (non-hydrogen) atoms. The second-order valence-corrected chi connectivity index (χ2v) is 9.68. The van der Waals surface area contributed by atoms with E-state index in [2.05, 4.69) is 15.3 Å². The fraction of sp³-hybridized carbons (Fsp3) is 0.560. The number of benzene rings is 1. The Morgan fingerprint density at radius 3 is 2.68 bits per heavy atom. The molecule has 200 valence electrons. The first-order chi connectivity index (χ1) is 17.7. The Bertz CT molecular complexity index is 1140. The number of nitrogens with one attached hydrogen (secondary N) is 1. The molecule has 1 aromatic carbocycles. The van der Waals surface area contributed by atoms with Crippen molar-refractivity contribution in [2.75, 3.05) is 37.9 Å². The smallest absolute Gasteiger partial charge is 0.416 e. The van der Waals surface area contributed by atoms with Gasteiger partial charge in [0.2, 0.25) is 0 Å². The molecular weight excluding hydrogens is 494 g/mol. The van der Waals surface area contributed by atoms with Crippen molar-refractivity contribution in [1.29, 1.82) is 0 Å². The summed E-state index contributed by atoms with van der Waals surface area (Å²) in [6, 6.07) is 3.30. The van der Waals surface area contributed by atoms with E-state index < -0.39 is 17.9 Å². The molecule has 12 heteroatoms. The highest BCUT2D eigenvalue weighted by Gasteiger charge is 2.34. The topological polar surface area (TPSA) is 79.8 Å². The first-order valence-corrected chi connectivity index (χ1v) is 12.4. The molecule has 5 rings (SSSR count). The van der Waals surface area contributed by atoms with Crippen molar-refractivity contribution in [3.8, 4) is 5.75 Å². The molecule has 0 spiro atoms. The molecule has 8 nitrogen and oxygen atoms in total. The van der Waals surface area contributed by atoms with E-state index in [4.69, 9.17) is 9.47 Å². The zero-order valence-electron chi connectivity index (χ0n) is 20.4. The molecule has 1 aromatic heterocycles. The highest BCUT2D eigenvalue weighted by atomic mass is 19.4. The van der Waals surface area contributed by atoms with E-state index in [-0.39, 0.29) is 43.6 Å². The van der Waals surface area contributed by atoms with Gasteiger partial charge in [0.15, 0.2) is 6.73 Å². The number of anilines is 1. The van der Waals surface area contributed by atoms with E-state index in [1.807, 2.05) is 0 Å². The average molecular weight is 524 g/mol. The van der Waals surface area contributed by atoms with Gasteiger partial charge in [-0.25, -0.2) is 14.4 Å². The molecule has 0 saturated carbocycles. The summed E-state index contributed by atoms with van der Waals surface area (Å²) in [6.07, 6.45) is -2.16. The quantitative estimate of drug-likeness (QED) is 0.615. The summed E-state index contributed by atoms with van der Waals surface area (Å²) in [5, 5.41) is 3.38. The van der Waals surface area contributed by atoms with Gasteiger partial charge in [-0.15, -0.1) is 0 Å². The Morgan fingerprint density at radius 1 is 1.16 bits per heavy atom. The maximum Gasteiger partial charge on any atom is 0.416 e. The molecule has 2 fully saturated rings. The Kier molecular flexibility index (Phi) is 7.21. The van der Waals surface area contributed by atoms with E-state index in [9.17, 15) is 22.4 Å². The summed E-state index contributed by atoms with van der Waals surface area (Å²) in [7, 11) is 0. The molecule has 1 N–H and O–H groups in total. The van der Waals surface area contributed by atoms with E-state index in [0.717, 1.165) is 12.1 Å². The van der Waals surface area contributed by atoms with Crippen LogP contribution >= 0.6 is 0 Å². The van der Waals surface area contributed by atoms with Gasteiger partial charge in [0.25, 0.3) is 5.91 Å². The van der Waals surface area contributed by atoms with Gasteiger partial charge < -0.3 is 24.6 Å². The molecule has 2 aromatic rings. The lowest BCUT2D eigenvalue weighted by molar-refractivity contribution is -0.137. The van der Waals surface area contributed by atoms with Crippen LogP contribution in [0.4, 0.5) is 23.4 Å². The third-order valence-electron chi connectivity index (χ3n) is 7.20. The van der Waals surface area contributed by atoms with Crippen LogP contribution in [0.5, 0.6) is 5.75 Å². The Labute approximate surface area is 212 Å². The number of hydrogen-bond donors (Lipinski definition) is 1. The Balaban J connectivity index is 1.25. The molecule has 0 radical (unpaired) electrons. The molecule has 2 saturated heterocycles. The first-order valence-electron chi connectivity index (χ1n) is 12.4. The van der Waals surface area contributed by atoms with Gasteiger partial charge in [0, 0.05) is 42.9 Å². The molecule has 2 atom stereocenters. The van der Waals surface area contributed by atoms with Crippen molar-refractivity contribution in [3.63, 3.8) is 0 Å². The number of halogens is 4. The molecule has 3 aliphatic rings. The van der Waals surface area contributed by atoms with Crippen molar-refractivity contribution >= 4 is 11.7 Å². The van der Waals surface area contributed by atoms with Crippen LogP contribution in [0, 0.1) is 6.92 Å². The highest BCUT2D eigenvalue weighted by Crippen LogP contribution is 2.35. The van der Waals surface area contributed by atoms with Gasteiger partial charge in [-0.3, -0.25) is 4.79 Å². The molecule has 0 aliphatic carbocycles. The zero-order chi connectivity index (χ0) is 26.2. The van der Waals surface area contributed by atoms with Gasteiger partial charge in [0.05, 0.1) is 18.7 Å². The number of fused-ring (bicyclic) bond motifs is 1. The predicted octanol–water partition coefficient (Wildman–Crippen LogP) is 3.48. The van der Waals surface area contributed by atoms with Gasteiger partial charge in [0.1, 0.15) is 29.8 Å². The van der Waals surface area contributed by atoms with Gasteiger partial charge in [-0.05, 0) is 44.4 Å². The number of amides is 1. The van der Waals surface area contributed by atoms with Crippen LogP contribution in [0.2, 0.25) is 0 Å². The van der Waals surface area contributed by atoms with Gasteiger partial charge in [-0.1, -0.05) is 0 Å². The summed E-state index contributed by atoms with van der Waals surface area (Å²) in [5.41, 5.74) is 0.430.